The third-order valence-corrected chi connectivity index (χ3v) is 6.22. The highest BCUT2D eigenvalue weighted by Crippen LogP contribution is 2.31. The maximum Gasteiger partial charge on any atom is 0.407 e. The number of anilines is 1. The van der Waals surface area contributed by atoms with E-state index in [1.54, 1.807) is 4.57 Å². The molecule has 0 aliphatic rings. The van der Waals surface area contributed by atoms with Crippen molar-refractivity contribution in [2.45, 2.75) is 32.0 Å². The fourth-order valence-electron chi connectivity index (χ4n) is 4.21. The van der Waals surface area contributed by atoms with Crippen molar-refractivity contribution in [2.24, 2.45) is 11.5 Å². The summed E-state index contributed by atoms with van der Waals surface area (Å²) < 4.78 is 12.5. The predicted molar refractivity (Wildman–Crippen MR) is 151 cm³/mol. The summed E-state index contributed by atoms with van der Waals surface area (Å²) >= 11 is 0. The number of fused-ring (bicyclic) bond motifs is 1. The lowest BCUT2D eigenvalue weighted by molar-refractivity contribution is -0.117. The van der Waals surface area contributed by atoms with Crippen molar-refractivity contribution in [3.8, 4) is 5.75 Å². The molecular weight excluding hydrogens is 512 g/mol. The molecule has 1 aromatic heterocycles. The van der Waals surface area contributed by atoms with Crippen LogP contribution in [0.25, 0.3) is 11.0 Å². The molecule has 3 amide bonds. The number of amides is 3. The monoisotopic (exact) mass is 544 g/mol. The summed E-state index contributed by atoms with van der Waals surface area (Å²) in [5.41, 5.74) is 14.7. The van der Waals surface area contributed by atoms with Gasteiger partial charge < -0.3 is 30.8 Å². The number of carbonyl (C=O) groups is 3. The molecule has 0 unspecified atom stereocenters. The zero-order valence-corrected chi connectivity index (χ0v) is 22.1. The topological polar surface area (TPSA) is 164 Å². The van der Waals surface area contributed by atoms with Crippen LogP contribution in [0.3, 0.4) is 0 Å². The van der Waals surface area contributed by atoms with Crippen LogP contribution in [0.4, 0.5) is 10.7 Å². The number of ether oxygens (including phenoxy) is 2. The fraction of sp³-hybridized carbons (Fsp3) is 0.241. The molecule has 0 radical (unpaired) electrons. The van der Waals surface area contributed by atoms with Crippen LogP contribution in [0.1, 0.15) is 27.9 Å². The molecule has 208 valence electrons. The number of aromatic nitrogens is 2. The number of primary amides is 1. The second kappa shape index (κ2) is 13.3. The number of hydrogen-bond donors (Lipinski definition) is 4. The number of alkyl carbamates (subject to hydrolysis) is 1. The molecule has 0 saturated carbocycles. The minimum Gasteiger partial charge on any atom is -0.494 e. The van der Waals surface area contributed by atoms with E-state index in [1.165, 1.54) is 19.2 Å². The molecule has 4 aromatic rings. The Hall–Kier alpha value is -4.90. The molecule has 11 heteroatoms. The Bertz CT molecular complexity index is 1470. The van der Waals surface area contributed by atoms with Gasteiger partial charge >= 0.3 is 6.09 Å². The van der Waals surface area contributed by atoms with Crippen molar-refractivity contribution in [1.82, 2.24) is 14.9 Å². The van der Waals surface area contributed by atoms with Gasteiger partial charge in [-0.05, 0) is 36.1 Å². The quantitative estimate of drug-likeness (QED) is 0.199. The highest BCUT2D eigenvalue weighted by molar-refractivity contribution is 6.00. The molecule has 4 rings (SSSR count). The highest BCUT2D eigenvalue weighted by Gasteiger charge is 2.22. The number of benzene rings is 3. The van der Waals surface area contributed by atoms with E-state index in [0.29, 0.717) is 42.7 Å². The lowest BCUT2D eigenvalue weighted by Crippen LogP contribution is -2.38. The fourth-order valence-corrected chi connectivity index (χ4v) is 4.21. The number of imidazole rings is 1. The van der Waals surface area contributed by atoms with Crippen LogP contribution < -0.4 is 26.8 Å². The van der Waals surface area contributed by atoms with Crippen molar-refractivity contribution in [3.63, 3.8) is 0 Å². The number of hydrogen-bond acceptors (Lipinski definition) is 7. The second-order valence-electron chi connectivity index (χ2n) is 9.13. The number of nitrogens with zero attached hydrogens (tertiary/aromatic N) is 2. The van der Waals surface area contributed by atoms with Gasteiger partial charge in [0, 0.05) is 18.7 Å². The lowest BCUT2D eigenvalue weighted by atomic mass is 10.1. The molecule has 0 fully saturated rings. The van der Waals surface area contributed by atoms with E-state index in [4.69, 9.17) is 20.9 Å². The van der Waals surface area contributed by atoms with Crippen molar-refractivity contribution < 1.29 is 23.9 Å². The first-order valence-corrected chi connectivity index (χ1v) is 12.8. The largest absolute Gasteiger partial charge is 0.494 e. The summed E-state index contributed by atoms with van der Waals surface area (Å²) in [5.74, 6) is -0.459. The van der Waals surface area contributed by atoms with Gasteiger partial charge in [-0.2, -0.15) is 0 Å². The van der Waals surface area contributed by atoms with Crippen molar-refractivity contribution in [3.05, 3.63) is 89.5 Å². The normalized spacial score (nSPS) is 11.6. The van der Waals surface area contributed by atoms with Gasteiger partial charge in [0.15, 0.2) is 0 Å². The van der Waals surface area contributed by atoms with Crippen LogP contribution >= 0.6 is 0 Å². The van der Waals surface area contributed by atoms with E-state index in [-0.39, 0.29) is 18.1 Å². The standard InChI is InChI=1S/C29H32N6O5/c1-39-24-17-21(26(31)36)16-23-25(24)35(14-8-13-32-29(38)40-18-20-11-6-3-7-12-20)28(33-23)34-27(37)22(30)15-19-9-4-2-5-10-19/h2-7,9-12,16-17,22H,8,13-15,18,30H2,1H3,(H2,31,36)(H,32,38)(H,33,34,37)/t22-/m0/s1. The van der Waals surface area contributed by atoms with Crippen molar-refractivity contribution in [1.29, 1.82) is 0 Å². The first-order chi connectivity index (χ1) is 19.4. The number of aryl methyl sites for hydroxylation is 1. The molecule has 3 aromatic carbocycles. The van der Waals surface area contributed by atoms with Crippen LogP contribution in [0.15, 0.2) is 72.8 Å². The Morgan fingerprint density at radius 2 is 1.68 bits per heavy atom. The van der Waals surface area contributed by atoms with Crippen LogP contribution in [-0.2, 0) is 29.1 Å². The number of nitrogens with two attached hydrogens (primary N) is 2. The van der Waals surface area contributed by atoms with Crippen molar-refractivity contribution >= 4 is 34.9 Å². The van der Waals surface area contributed by atoms with E-state index in [1.807, 2.05) is 60.7 Å². The summed E-state index contributed by atoms with van der Waals surface area (Å²) in [6.07, 6.45) is 0.284. The van der Waals surface area contributed by atoms with E-state index in [2.05, 4.69) is 15.6 Å². The molecule has 0 aliphatic heterocycles. The molecule has 0 bridgehead atoms. The van der Waals surface area contributed by atoms with Crippen LogP contribution in [0.2, 0.25) is 0 Å². The van der Waals surface area contributed by atoms with Gasteiger partial charge in [0.2, 0.25) is 17.8 Å². The number of rotatable bonds is 12. The summed E-state index contributed by atoms with van der Waals surface area (Å²) in [6, 6.07) is 21.1. The number of methoxy groups -OCH3 is 1. The van der Waals surface area contributed by atoms with E-state index in [0.717, 1.165) is 11.1 Å². The minimum absolute atomic E-state index is 0.164. The summed E-state index contributed by atoms with van der Waals surface area (Å²) in [6.45, 7) is 0.818. The molecule has 0 saturated heterocycles. The molecule has 11 nitrogen and oxygen atoms in total. The summed E-state index contributed by atoms with van der Waals surface area (Å²) in [4.78, 5) is 41.6. The predicted octanol–water partition coefficient (Wildman–Crippen LogP) is 2.97. The zero-order valence-electron chi connectivity index (χ0n) is 22.1. The molecular formula is C29H32N6O5. The second-order valence-corrected chi connectivity index (χ2v) is 9.13. The molecule has 1 atom stereocenters. The van der Waals surface area contributed by atoms with E-state index >= 15 is 0 Å². The third kappa shape index (κ3) is 7.14. The first kappa shape index (κ1) is 28.1. The summed E-state index contributed by atoms with van der Waals surface area (Å²) in [7, 11) is 1.47. The molecule has 1 heterocycles. The van der Waals surface area contributed by atoms with E-state index < -0.39 is 23.9 Å². The van der Waals surface area contributed by atoms with Gasteiger partial charge in [0.1, 0.15) is 17.9 Å². The molecule has 0 spiro atoms. The Morgan fingerprint density at radius 3 is 2.33 bits per heavy atom. The highest BCUT2D eigenvalue weighted by atomic mass is 16.5. The lowest BCUT2D eigenvalue weighted by Gasteiger charge is -2.15. The zero-order chi connectivity index (χ0) is 28.5. The minimum atomic E-state index is -0.820. The first-order valence-electron chi connectivity index (χ1n) is 12.8. The third-order valence-electron chi connectivity index (χ3n) is 6.22. The Labute approximate surface area is 231 Å². The average Bonchev–Trinajstić information content (AvgIpc) is 3.31. The van der Waals surface area contributed by atoms with Gasteiger partial charge in [0.25, 0.3) is 0 Å². The van der Waals surface area contributed by atoms with Gasteiger partial charge in [-0.1, -0.05) is 60.7 Å². The number of nitrogens with one attached hydrogen (secondary N) is 2. The average molecular weight is 545 g/mol. The van der Waals surface area contributed by atoms with Crippen LogP contribution in [0.5, 0.6) is 5.75 Å². The molecule has 0 aliphatic carbocycles. The SMILES string of the molecule is COc1cc(C(N)=O)cc2nc(NC(=O)[C@@H](N)Cc3ccccc3)n(CCCNC(=O)OCc3ccccc3)c12. The number of carbonyl (C=O) groups excluding carboxylic acids is 3. The van der Waals surface area contributed by atoms with Gasteiger partial charge in [0.05, 0.1) is 18.7 Å². The van der Waals surface area contributed by atoms with Gasteiger partial charge in [-0.3, -0.25) is 14.9 Å². The van der Waals surface area contributed by atoms with Crippen molar-refractivity contribution in [2.75, 3.05) is 19.0 Å². The Kier molecular flexibility index (Phi) is 9.31. The Balaban J connectivity index is 1.48. The maximum atomic E-state index is 13.0. The summed E-state index contributed by atoms with van der Waals surface area (Å²) in [5, 5.41) is 5.54. The van der Waals surface area contributed by atoms with Gasteiger partial charge in [-0.15, -0.1) is 0 Å². The van der Waals surface area contributed by atoms with Crippen LogP contribution in [-0.4, -0.2) is 47.2 Å². The maximum absolute atomic E-state index is 13.0. The van der Waals surface area contributed by atoms with Gasteiger partial charge in [-0.25, -0.2) is 9.78 Å². The van der Waals surface area contributed by atoms with Crippen LogP contribution in [0, 0.1) is 0 Å². The molecule has 40 heavy (non-hydrogen) atoms. The smallest absolute Gasteiger partial charge is 0.407 e. The molecule has 6 N–H and O–H groups in total. The Morgan fingerprint density at radius 1 is 1.00 bits per heavy atom. The van der Waals surface area contributed by atoms with E-state index in [9.17, 15) is 14.4 Å².